The van der Waals surface area contributed by atoms with Crippen molar-refractivity contribution in [2.24, 2.45) is 5.41 Å². The highest BCUT2D eigenvalue weighted by atomic mass is 16.5. The van der Waals surface area contributed by atoms with Crippen LogP contribution in [-0.4, -0.2) is 13.1 Å². The molecule has 0 aromatic carbocycles. The van der Waals surface area contributed by atoms with E-state index in [4.69, 9.17) is 4.74 Å². The number of ether oxygens (including phenoxy) is 1. The molecule has 80 valence electrons. The van der Waals surface area contributed by atoms with Crippen LogP contribution in [0, 0.1) is 5.41 Å². The quantitative estimate of drug-likeness (QED) is 0.370. The molecule has 14 heavy (non-hydrogen) atoms. The summed E-state index contributed by atoms with van der Waals surface area (Å²) in [5.74, 6) is -0.264. The molecule has 1 unspecified atom stereocenters. The average Bonchev–Trinajstić information content (AvgIpc) is 2.22. The zero-order valence-electron chi connectivity index (χ0n) is 9.38. The maximum absolute atomic E-state index is 11.4. The van der Waals surface area contributed by atoms with Crippen molar-refractivity contribution < 1.29 is 9.53 Å². The van der Waals surface area contributed by atoms with E-state index in [1.54, 1.807) is 13.0 Å². The molecule has 0 radical (unpaired) electrons. The van der Waals surface area contributed by atoms with Gasteiger partial charge in [0.25, 0.3) is 0 Å². The van der Waals surface area contributed by atoms with E-state index < -0.39 is 5.41 Å². The molecule has 0 rings (SSSR count). The molecule has 0 saturated carbocycles. The summed E-state index contributed by atoms with van der Waals surface area (Å²) in [5.41, 5.74) is -0.678. The minimum atomic E-state index is -0.678. The predicted molar refractivity (Wildman–Crippen MR) is 59.0 cm³/mol. The van der Waals surface area contributed by atoms with Gasteiger partial charge in [0.2, 0.25) is 0 Å². The monoisotopic (exact) mass is 196 g/mol. The van der Waals surface area contributed by atoms with Crippen molar-refractivity contribution in [3.05, 3.63) is 24.8 Å². The van der Waals surface area contributed by atoms with E-state index >= 15 is 0 Å². The van der Waals surface area contributed by atoms with Crippen molar-refractivity contribution in [2.75, 3.05) is 7.11 Å². The Morgan fingerprint density at radius 1 is 1.57 bits per heavy atom. The van der Waals surface area contributed by atoms with E-state index in [-0.39, 0.29) is 5.97 Å². The standard InChI is InChI=1S/C12H20O2/c1-5-7-8-9-10-12(3,6-2)11(13)14-4/h6,9-10H,2,5,7-8H2,1,3-4H3. The van der Waals surface area contributed by atoms with Gasteiger partial charge in [0.15, 0.2) is 0 Å². The molecule has 0 aliphatic heterocycles. The Morgan fingerprint density at radius 3 is 2.64 bits per heavy atom. The van der Waals surface area contributed by atoms with Gasteiger partial charge in [-0.05, 0) is 13.3 Å². The fourth-order valence-corrected chi connectivity index (χ4v) is 1.09. The third kappa shape index (κ3) is 3.77. The van der Waals surface area contributed by atoms with E-state index in [1.807, 2.05) is 12.2 Å². The zero-order chi connectivity index (χ0) is 11.0. The highest BCUT2D eigenvalue weighted by Gasteiger charge is 2.27. The number of carbonyl (C=O) groups is 1. The largest absolute Gasteiger partial charge is 0.468 e. The number of esters is 1. The summed E-state index contributed by atoms with van der Waals surface area (Å²) in [7, 11) is 1.39. The van der Waals surface area contributed by atoms with Crippen LogP contribution in [0.2, 0.25) is 0 Å². The maximum atomic E-state index is 11.4. The minimum absolute atomic E-state index is 0.264. The van der Waals surface area contributed by atoms with Crippen LogP contribution in [0.5, 0.6) is 0 Å². The molecule has 0 heterocycles. The van der Waals surface area contributed by atoms with Crippen molar-refractivity contribution in [3.63, 3.8) is 0 Å². The molecule has 0 saturated heterocycles. The van der Waals surface area contributed by atoms with E-state index in [2.05, 4.69) is 13.5 Å². The molecule has 1 atom stereocenters. The average molecular weight is 196 g/mol. The Morgan fingerprint density at radius 2 is 2.21 bits per heavy atom. The molecule has 0 bridgehead atoms. The highest BCUT2D eigenvalue weighted by Crippen LogP contribution is 2.21. The lowest BCUT2D eigenvalue weighted by Gasteiger charge is -2.17. The zero-order valence-corrected chi connectivity index (χ0v) is 9.38. The van der Waals surface area contributed by atoms with Crippen LogP contribution in [0.15, 0.2) is 24.8 Å². The first-order valence-electron chi connectivity index (χ1n) is 5.00. The summed E-state index contributed by atoms with van der Waals surface area (Å²) >= 11 is 0. The van der Waals surface area contributed by atoms with Crippen LogP contribution < -0.4 is 0 Å². The van der Waals surface area contributed by atoms with E-state index in [9.17, 15) is 4.79 Å². The van der Waals surface area contributed by atoms with Gasteiger partial charge in [0.05, 0.1) is 7.11 Å². The lowest BCUT2D eigenvalue weighted by molar-refractivity contribution is -0.146. The number of hydrogen-bond acceptors (Lipinski definition) is 2. The lowest BCUT2D eigenvalue weighted by Crippen LogP contribution is -2.24. The van der Waals surface area contributed by atoms with Gasteiger partial charge in [-0.15, -0.1) is 6.58 Å². The van der Waals surface area contributed by atoms with Crippen LogP contribution in [0.1, 0.15) is 33.1 Å². The molecule has 0 aromatic heterocycles. The van der Waals surface area contributed by atoms with Gasteiger partial charge >= 0.3 is 5.97 Å². The molecule has 0 spiro atoms. The van der Waals surface area contributed by atoms with Crippen LogP contribution in [0.4, 0.5) is 0 Å². The van der Waals surface area contributed by atoms with Crippen molar-refractivity contribution in [3.8, 4) is 0 Å². The van der Waals surface area contributed by atoms with Gasteiger partial charge in [-0.2, -0.15) is 0 Å². The second-order valence-corrected chi connectivity index (χ2v) is 3.52. The summed E-state index contributed by atoms with van der Waals surface area (Å²) in [4.78, 5) is 11.4. The smallest absolute Gasteiger partial charge is 0.319 e. The van der Waals surface area contributed by atoms with Gasteiger partial charge < -0.3 is 4.74 Å². The van der Waals surface area contributed by atoms with Crippen LogP contribution in [0.25, 0.3) is 0 Å². The maximum Gasteiger partial charge on any atom is 0.319 e. The summed E-state index contributed by atoms with van der Waals surface area (Å²) in [5, 5.41) is 0. The first-order valence-corrected chi connectivity index (χ1v) is 5.00. The van der Waals surface area contributed by atoms with Crippen LogP contribution >= 0.6 is 0 Å². The summed E-state index contributed by atoms with van der Waals surface area (Å²) < 4.78 is 4.70. The van der Waals surface area contributed by atoms with Crippen LogP contribution in [-0.2, 0) is 9.53 Å². The topological polar surface area (TPSA) is 26.3 Å². The Bertz CT molecular complexity index is 218. The fourth-order valence-electron chi connectivity index (χ4n) is 1.09. The molecule has 0 aliphatic carbocycles. The van der Waals surface area contributed by atoms with Gasteiger partial charge in [0, 0.05) is 0 Å². The van der Waals surface area contributed by atoms with E-state index in [1.165, 1.54) is 7.11 Å². The molecule has 2 heteroatoms. The van der Waals surface area contributed by atoms with E-state index in [0.717, 1.165) is 19.3 Å². The number of unbranched alkanes of at least 4 members (excludes halogenated alkanes) is 2. The number of allylic oxidation sites excluding steroid dienone is 1. The van der Waals surface area contributed by atoms with Crippen molar-refractivity contribution in [1.82, 2.24) is 0 Å². The molecule has 2 nitrogen and oxygen atoms in total. The van der Waals surface area contributed by atoms with Crippen molar-refractivity contribution >= 4 is 5.97 Å². The molecule has 0 fully saturated rings. The van der Waals surface area contributed by atoms with Crippen molar-refractivity contribution in [2.45, 2.75) is 33.1 Å². The molecular formula is C12H20O2. The van der Waals surface area contributed by atoms with Gasteiger partial charge in [-0.25, -0.2) is 0 Å². The Balaban J connectivity index is 4.32. The summed E-state index contributed by atoms with van der Waals surface area (Å²) in [6, 6.07) is 0. The van der Waals surface area contributed by atoms with Crippen LogP contribution in [0.3, 0.4) is 0 Å². The van der Waals surface area contributed by atoms with Gasteiger partial charge in [-0.3, -0.25) is 4.79 Å². The normalized spacial score (nSPS) is 15.1. The second-order valence-electron chi connectivity index (χ2n) is 3.52. The number of carbonyl (C=O) groups excluding carboxylic acids is 1. The number of hydrogen-bond donors (Lipinski definition) is 0. The molecule has 0 aromatic rings. The number of methoxy groups -OCH3 is 1. The summed E-state index contributed by atoms with van der Waals surface area (Å²) in [6.07, 6.45) is 8.79. The van der Waals surface area contributed by atoms with E-state index in [0.29, 0.717) is 0 Å². The van der Waals surface area contributed by atoms with Crippen molar-refractivity contribution in [1.29, 1.82) is 0 Å². The Kier molecular flexibility index (Phi) is 5.93. The Labute approximate surface area is 86.6 Å². The summed E-state index contributed by atoms with van der Waals surface area (Å²) in [6.45, 7) is 7.59. The molecular weight excluding hydrogens is 176 g/mol. The molecule has 0 N–H and O–H groups in total. The molecule has 0 aliphatic rings. The SMILES string of the molecule is C=CC(C)(C=CCCCC)C(=O)OC. The predicted octanol–water partition coefficient (Wildman–Crippen LogP) is 3.10. The first kappa shape index (κ1) is 12.9. The first-order chi connectivity index (χ1) is 6.60. The lowest BCUT2D eigenvalue weighted by atomic mass is 9.90. The fraction of sp³-hybridized carbons (Fsp3) is 0.583. The number of rotatable bonds is 6. The van der Waals surface area contributed by atoms with Gasteiger partial charge in [0.1, 0.15) is 5.41 Å². The molecule has 0 amide bonds. The Hall–Kier alpha value is -1.05. The second kappa shape index (κ2) is 6.41. The van der Waals surface area contributed by atoms with Gasteiger partial charge in [-0.1, -0.05) is 38.0 Å². The minimum Gasteiger partial charge on any atom is -0.468 e. The third-order valence-electron chi connectivity index (χ3n) is 2.24. The third-order valence-corrected chi connectivity index (χ3v) is 2.24. The highest BCUT2D eigenvalue weighted by molar-refractivity contribution is 5.80.